The number of fused-ring (bicyclic) bond motifs is 3. The number of rotatable bonds is 9. The van der Waals surface area contributed by atoms with Gasteiger partial charge >= 0.3 is 0 Å². The number of pyridine rings is 1. The Morgan fingerprint density at radius 2 is 1.91 bits per heavy atom. The van der Waals surface area contributed by atoms with Gasteiger partial charge in [0.15, 0.2) is 5.82 Å². The van der Waals surface area contributed by atoms with Gasteiger partial charge in [-0.05, 0) is 25.8 Å². The number of nitrogens with two attached hydrogens (primary N) is 1. The molecule has 0 saturated heterocycles. The molecule has 0 amide bonds. The molecule has 4 rings (SSSR count). The van der Waals surface area contributed by atoms with Gasteiger partial charge in [0.25, 0.3) is 0 Å². The molecule has 2 aromatic heterocycles. The number of aromatic nitrogens is 3. The number of nitrogen functional groups attached to an aromatic ring is 1. The van der Waals surface area contributed by atoms with Crippen LogP contribution in [-0.2, 0) is 32.5 Å². The minimum atomic E-state index is -3.09. The van der Waals surface area contributed by atoms with Crippen LogP contribution in [0.15, 0.2) is 24.3 Å². The van der Waals surface area contributed by atoms with E-state index < -0.39 is 15.4 Å². The first kappa shape index (κ1) is 22.9. The van der Waals surface area contributed by atoms with Gasteiger partial charge in [-0.1, -0.05) is 37.5 Å². The lowest BCUT2D eigenvalue weighted by Gasteiger charge is -2.38. The lowest BCUT2D eigenvalue weighted by atomic mass is 9.84. The van der Waals surface area contributed by atoms with E-state index in [9.17, 15) is 8.42 Å². The normalized spacial score (nSPS) is 16.7. The maximum absolute atomic E-state index is 11.7. The molecule has 2 N–H and O–H groups in total. The van der Waals surface area contributed by atoms with Gasteiger partial charge < -0.3 is 19.8 Å². The highest BCUT2D eigenvalue weighted by molar-refractivity contribution is 7.90. The zero-order valence-electron chi connectivity index (χ0n) is 18.8. The topological polar surface area (TPSA) is 109 Å². The van der Waals surface area contributed by atoms with Crippen molar-refractivity contribution in [3.05, 3.63) is 30.1 Å². The maximum Gasteiger partial charge on any atom is 0.152 e. The maximum atomic E-state index is 11.7. The molecule has 0 unspecified atom stereocenters. The number of imidazole rings is 1. The predicted octanol–water partition coefficient (Wildman–Crippen LogP) is 3.47. The van der Waals surface area contributed by atoms with Crippen LogP contribution in [0.1, 0.15) is 44.9 Å². The second-order valence-electron chi connectivity index (χ2n) is 8.68. The van der Waals surface area contributed by atoms with E-state index in [1.807, 2.05) is 31.2 Å². The Morgan fingerprint density at radius 3 is 2.62 bits per heavy atom. The van der Waals surface area contributed by atoms with E-state index in [1.165, 1.54) is 6.26 Å². The number of para-hydroxylation sites is 1. The molecule has 2 heterocycles. The Balaban J connectivity index is 1.81. The van der Waals surface area contributed by atoms with Crippen molar-refractivity contribution < 1.29 is 17.9 Å². The number of nitrogens with zero attached hydrogens (tertiary/aromatic N) is 3. The third-order valence-corrected chi connectivity index (χ3v) is 7.11. The van der Waals surface area contributed by atoms with Crippen molar-refractivity contribution in [2.45, 2.75) is 57.8 Å². The van der Waals surface area contributed by atoms with Crippen LogP contribution in [0.25, 0.3) is 21.9 Å². The Kier molecular flexibility index (Phi) is 6.69. The Labute approximate surface area is 189 Å². The summed E-state index contributed by atoms with van der Waals surface area (Å²) in [6.07, 6.45) is 6.27. The van der Waals surface area contributed by atoms with Crippen molar-refractivity contribution in [2.75, 3.05) is 31.0 Å². The molecule has 174 valence electrons. The third kappa shape index (κ3) is 4.89. The van der Waals surface area contributed by atoms with E-state index in [0.29, 0.717) is 31.1 Å². The molecule has 0 atom stereocenters. The van der Waals surface area contributed by atoms with E-state index in [1.54, 1.807) is 0 Å². The first-order valence-corrected chi connectivity index (χ1v) is 13.3. The van der Waals surface area contributed by atoms with Crippen LogP contribution in [0.3, 0.4) is 0 Å². The zero-order chi connectivity index (χ0) is 22.8. The first-order valence-electron chi connectivity index (χ1n) is 11.2. The van der Waals surface area contributed by atoms with E-state index >= 15 is 0 Å². The molecule has 1 saturated carbocycles. The molecule has 1 aromatic carbocycles. The lowest BCUT2D eigenvalue weighted by molar-refractivity contribution is -0.0753. The minimum Gasteiger partial charge on any atom is -0.382 e. The predicted molar refractivity (Wildman–Crippen MR) is 126 cm³/mol. The van der Waals surface area contributed by atoms with Crippen LogP contribution in [-0.4, -0.2) is 53.8 Å². The van der Waals surface area contributed by atoms with E-state index in [4.69, 9.17) is 20.2 Å². The van der Waals surface area contributed by atoms with Crippen molar-refractivity contribution in [2.24, 2.45) is 0 Å². The van der Waals surface area contributed by atoms with Crippen LogP contribution in [0.5, 0.6) is 0 Å². The molecule has 8 nitrogen and oxygen atoms in total. The molecule has 1 fully saturated rings. The minimum absolute atomic E-state index is 0.0189. The average molecular weight is 461 g/mol. The summed E-state index contributed by atoms with van der Waals surface area (Å²) in [6, 6.07) is 7.91. The number of hydrogen-bond acceptors (Lipinski definition) is 7. The van der Waals surface area contributed by atoms with Gasteiger partial charge in [-0.3, -0.25) is 0 Å². The van der Waals surface area contributed by atoms with Gasteiger partial charge in [0.1, 0.15) is 27.8 Å². The molecule has 0 aliphatic heterocycles. The molecule has 1 aliphatic rings. The average Bonchev–Trinajstić information content (AvgIpc) is 3.11. The fraction of sp³-hybridized carbons (Fsp3) is 0.565. The lowest BCUT2D eigenvalue weighted by Crippen LogP contribution is -2.41. The molecule has 1 aliphatic carbocycles. The monoisotopic (exact) mass is 460 g/mol. The second-order valence-corrected chi connectivity index (χ2v) is 10.9. The zero-order valence-corrected chi connectivity index (χ0v) is 19.7. The van der Waals surface area contributed by atoms with Gasteiger partial charge in [-0.25, -0.2) is 18.4 Å². The molecule has 0 spiro atoms. The summed E-state index contributed by atoms with van der Waals surface area (Å²) in [7, 11) is -3.09. The summed E-state index contributed by atoms with van der Waals surface area (Å²) < 4.78 is 37.6. The van der Waals surface area contributed by atoms with E-state index in [0.717, 1.165) is 54.3 Å². The van der Waals surface area contributed by atoms with Gasteiger partial charge in [0, 0.05) is 18.2 Å². The highest BCUT2D eigenvalue weighted by Crippen LogP contribution is 2.36. The molecule has 0 bridgehead atoms. The summed E-state index contributed by atoms with van der Waals surface area (Å²) in [6.45, 7) is 3.65. The molecular formula is C23H32N4O4S. The van der Waals surface area contributed by atoms with Crippen molar-refractivity contribution in [1.82, 2.24) is 14.5 Å². The van der Waals surface area contributed by atoms with Crippen molar-refractivity contribution in [3.8, 4) is 0 Å². The molecule has 0 radical (unpaired) electrons. The Bertz CT molecular complexity index is 1200. The number of hydrogen-bond donors (Lipinski definition) is 1. The smallest absolute Gasteiger partial charge is 0.152 e. The van der Waals surface area contributed by atoms with Gasteiger partial charge in [-0.2, -0.15) is 0 Å². The summed E-state index contributed by atoms with van der Waals surface area (Å²) in [5.41, 5.74) is 8.27. The largest absolute Gasteiger partial charge is 0.382 e. The van der Waals surface area contributed by atoms with Gasteiger partial charge in [0.2, 0.25) is 0 Å². The highest BCUT2D eigenvalue weighted by atomic mass is 32.2. The standard InChI is InChI=1S/C23H32N4O4S/c1-3-30-15-19-26-20-21(17-9-5-6-10-18(17)25-22(20)24)27(19)16-23(11-7-4-8-12-23)31-13-14-32(2,28)29/h5-6,9-10H,3-4,7-8,11-16H2,1-2H3,(H2,24,25). The summed E-state index contributed by atoms with van der Waals surface area (Å²) >= 11 is 0. The summed E-state index contributed by atoms with van der Waals surface area (Å²) in [5, 5.41) is 0.981. The SMILES string of the molecule is CCOCc1nc2c(N)nc3ccccc3c2n1CC1(OCCS(C)(=O)=O)CCCCC1. The fourth-order valence-electron chi connectivity index (χ4n) is 4.62. The van der Waals surface area contributed by atoms with Crippen molar-refractivity contribution in [1.29, 1.82) is 0 Å². The molecular weight excluding hydrogens is 428 g/mol. The summed E-state index contributed by atoms with van der Waals surface area (Å²) in [4.78, 5) is 9.36. The molecule has 9 heteroatoms. The molecule has 32 heavy (non-hydrogen) atoms. The van der Waals surface area contributed by atoms with Gasteiger partial charge in [-0.15, -0.1) is 0 Å². The van der Waals surface area contributed by atoms with Crippen LogP contribution in [0.4, 0.5) is 5.82 Å². The fourth-order valence-corrected chi connectivity index (χ4v) is 5.01. The number of benzene rings is 1. The Morgan fingerprint density at radius 1 is 1.16 bits per heavy atom. The third-order valence-electron chi connectivity index (χ3n) is 6.20. The number of anilines is 1. The van der Waals surface area contributed by atoms with Gasteiger partial charge in [0.05, 0.1) is 35.5 Å². The van der Waals surface area contributed by atoms with E-state index in [-0.39, 0.29) is 12.4 Å². The summed E-state index contributed by atoms with van der Waals surface area (Å²) in [5.74, 6) is 1.19. The Hall–Kier alpha value is -2.23. The second kappa shape index (κ2) is 9.33. The van der Waals surface area contributed by atoms with Crippen molar-refractivity contribution in [3.63, 3.8) is 0 Å². The highest BCUT2D eigenvalue weighted by Gasteiger charge is 2.35. The number of ether oxygens (including phenoxy) is 2. The number of sulfone groups is 1. The van der Waals surface area contributed by atoms with Crippen LogP contribution in [0.2, 0.25) is 0 Å². The van der Waals surface area contributed by atoms with Crippen LogP contribution in [0, 0.1) is 0 Å². The van der Waals surface area contributed by atoms with E-state index in [2.05, 4.69) is 9.55 Å². The first-order chi connectivity index (χ1) is 15.3. The quantitative estimate of drug-likeness (QED) is 0.521. The van der Waals surface area contributed by atoms with Crippen LogP contribution >= 0.6 is 0 Å². The van der Waals surface area contributed by atoms with Crippen molar-refractivity contribution >= 4 is 37.6 Å². The van der Waals surface area contributed by atoms with Crippen LogP contribution < -0.4 is 5.73 Å². The molecule has 3 aromatic rings.